The Balaban J connectivity index is 2.85. The van der Waals surface area contributed by atoms with Gasteiger partial charge >= 0.3 is 0 Å². The molecule has 0 atom stereocenters. The molecule has 1 aromatic carbocycles. The van der Waals surface area contributed by atoms with E-state index in [1.54, 1.807) is 30.1 Å². The third kappa shape index (κ3) is 3.93. The molecule has 0 aliphatic rings. The first kappa shape index (κ1) is 13.8. The van der Waals surface area contributed by atoms with Crippen LogP contribution in [0.15, 0.2) is 18.2 Å². The number of anilines is 1. The Kier molecular flexibility index (Phi) is 4.04. The Bertz CT molecular complexity index is 424. The summed E-state index contributed by atoms with van der Waals surface area (Å²) in [4.78, 5) is 13.8. The average Bonchev–Trinajstić information content (AvgIpc) is 2.18. The van der Waals surface area contributed by atoms with Crippen molar-refractivity contribution in [2.24, 2.45) is 5.41 Å². The summed E-state index contributed by atoms with van der Waals surface area (Å²) in [7, 11) is 1.79. The van der Waals surface area contributed by atoms with Gasteiger partial charge in [0.25, 0.3) is 5.91 Å². The van der Waals surface area contributed by atoms with E-state index in [9.17, 15) is 4.79 Å². The van der Waals surface area contributed by atoms with Crippen LogP contribution in [0, 0.1) is 5.41 Å². The Labute approximate surface area is 108 Å². The number of carbonyl (C=O) groups is 1. The van der Waals surface area contributed by atoms with Crippen molar-refractivity contribution < 1.29 is 4.79 Å². The van der Waals surface area contributed by atoms with Crippen molar-refractivity contribution >= 4 is 23.2 Å². The number of rotatable bonds is 2. The number of carbonyl (C=O) groups excluding carboxylic acids is 1. The minimum absolute atomic E-state index is 0.0400. The molecule has 3 nitrogen and oxygen atoms in total. The normalized spacial score (nSPS) is 11.4. The summed E-state index contributed by atoms with van der Waals surface area (Å²) in [6.07, 6.45) is 0. The van der Waals surface area contributed by atoms with Gasteiger partial charge in [-0.1, -0.05) is 32.4 Å². The van der Waals surface area contributed by atoms with Gasteiger partial charge in [-0.2, -0.15) is 0 Å². The minimum atomic E-state index is -0.0400. The molecular weight excluding hydrogens is 236 g/mol. The smallest absolute Gasteiger partial charge is 0.253 e. The first-order valence-corrected chi connectivity index (χ1v) is 5.89. The maximum absolute atomic E-state index is 12.1. The second kappa shape index (κ2) is 4.96. The molecule has 0 heterocycles. The molecule has 1 rings (SSSR count). The molecular formula is C13H19ClN2O. The third-order valence-corrected chi connectivity index (χ3v) is 2.63. The number of nitrogen functional groups attached to an aromatic ring is 1. The third-order valence-electron chi connectivity index (χ3n) is 2.31. The van der Waals surface area contributed by atoms with E-state index in [2.05, 4.69) is 20.8 Å². The van der Waals surface area contributed by atoms with E-state index in [1.807, 2.05) is 0 Å². The van der Waals surface area contributed by atoms with Crippen molar-refractivity contribution in [1.82, 2.24) is 4.90 Å². The summed E-state index contributed by atoms with van der Waals surface area (Å²) < 4.78 is 0. The number of hydrogen-bond donors (Lipinski definition) is 1. The van der Waals surface area contributed by atoms with E-state index in [-0.39, 0.29) is 11.3 Å². The summed E-state index contributed by atoms with van der Waals surface area (Å²) in [5.74, 6) is -0.0400. The van der Waals surface area contributed by atoms with Crippen LogP contribution in [0.2, 0.25) is 5.02 Å². The Morgan fingerprint density at radius 1 is 1.41 bits per heavy atom. The molecule has 0 saturated carbocycles. The van der Waals surface area contributed by atoms with E-state index in [0.717, 1.165) is 0 Å². The fourth-order valence-electron chi connectivity index (χ4n) is 1.66. The molecule has 0 saturated heterocycles. The van der Waals surface area contributed by atoms with E-state index in [1.165, 1.54) is 0 Å². The van der Waals surface area contributed by atoms with Gasteiger partial charge in [0, 0.05) is 19.2 Å². The van der Waals surface area contributed by atoms with E-state index in [4.69, 9.17) is 17.3 Å². The van der Waals surface area contributed by atoms with Crippen LogP contribution in [0.3, 0.4) is 0 Å². The standard InChI is InChI=1S/C13H19ClN2O/c1-13(2,3)8-16(4)12(17)9-5-6-11(15)10(14)7-9/h5-7H,8,15H2,1-4H3. The maximum atomic E-state index is 12.1. The maximum Gasteiger partial charge on any atom is 0.253 e. The fourth-order valence-corrected chi connectivity index (χ4v) is 1.84. The second-order valence-electron chi connectivity index (χ2n) is 5.46. The number of benzene rings is 1. The zero-order chi connectivity index (χ0) is 13.2. The molecule has 1 amide bonds. The van der Waals surface area contributed by atoms with Crippen molar-refractivity contribution in [3.63, 3.8) is 0 Å². The Morgan fingerprint density at radius 2 is 2.00 bits per heavy atom. The van der Waals surface area contributed by atoms with Gasteiger partial charge < -0.3 is 10.6 Å². The highest BCUT2D eigenvalue weighted by Gasteiger charge is 2.19. The van der Waals surface area contributed by atoms with Crippen molar-refractivity contribution in [3.05, 3.63) is 28.8 Å². The van der Waals surface area contributed by atoms with Crippen LogP contribution >= 0.6 is 11.6 Å². The van der Waals surface area contributed by atoms with Crippen LogP contribution in [0.1, 0.15) is 31.1 Å². The highest BCUT2D eigenvalue weighted by Crippen LogP contribution is 2.21. The van der Waals surface area contributed by atoms with Crippen LogP contribution in [0.25, 0.3) is 0 Å². The summed E-state index contributed by atoms with van der Waals surface area (Å²) in [5, 5.41) is 0.417. The second-order valence-corrected chi connectivity index (χ2v) is 5.87. The highest BCUT2D eigenvalue weighted by atomic mass is 35.5. The number of amides is 1. The lowest BCUT2D eigenvalue weighted by atomic mass is 9.96. The van der Waals surface area contributed by atoms with Crippen molar-refractivity contribution in [3.8, 4) is 0 Å². The SMILES string of the molecule is CN(CC(C)(C)C)C(=O)c1ccc(N)c(Cl)c1. The summed E-state index contributed by atoms with van der Waals surface area (Å²) in [5.41, 5.74) is 6.73. The van der Waals surface area contributed by atoms with Crippen LogP contribution in [0.4, 0.5) is 5.69 Å². The summed E-state index contributed by atoms with van der Waals surface area (Å²) in [6.45, 7) is 6.96. The molecule has 17 heavy (non-hydrogen) atoms. The first-order chi connectivity index (χ1) is 7.70. The number of halogens is 1. The number of nitrogens with zero attached hydrogens (tertiary/aromatic N) is 1. The van der Waals surface area contributed by atoms with Crippen LogP contribution < -0.4 is 5.73 Å². The molecule has 0 aliphatic carbocycles. The van der Waals surface area contributed by atoms with Gasteiger partial charge in [-0.3, -0.25) is 4.79 Å². The fraction of sp³-hybridized carbons (Fsp3) is 0.462. The van der Waals surface area contributed by atoms with Gasteiger partial charge in [0.2, 0.25) is 0 Å². The Hall–Kier alpha value is -1.22. The lowest BCUT2D eigenvalue weighted by Gasteiger charge is -2.26. The van der Waals surface area contributed by atoms with E-state index >= 15 is 0 Å². The van der Waals surface area contributed by atoms with Crippen LogP contribution in [-0.2, 0) is 0 Å². The molecule has 0 fully saturated rings. The predicted octanol–water partition coefficient (Wildman–Crippen LogP) is 3.04. The van der Waals surface area contributed by atoms with Crippen LogP contribution in [0.5, 0.6) is 0 Å². The van der Waals surface area contributed by atoms with Gasteiger partial charge in [0.1, 0.15) is 0 Å². The number of hydrogen-bond acceptors (Lipinski definition) is 2. The zero-order valence-corrected chi connectivity index (χ0v) is 11.5. The van der Waals surface area contributed by atoms with Gasteiger partial charge in [-0.05, 0) is 23.6 Å². The highest BCUT2D eigenvalue weighted by molar-refractivity contribution is 6.33. The molecule has 94 valence electrons. The van der Waals surface area contributed by atoms with Crippen LogP contribution in [-0.4, -0.2) is 24.4 Å². The first-order valence-electron chi connectivity index (χ1n) is 5.51. The molecule has 2 N–H and O–H groups in total. The predicted molar refractivity (Wildman–Crippen MR) is 72.3 cm³/mol. The molecule has 0 aromatic heterocycles. The monoisotopic (exact) mass is 254 g/mol. The van der Waals surface area contributed by atoms with Gasteiger partial charge in [-0.15, -0.1) is 0 Å². The molecule has 0 radical (unpaired) electrons. The van der Waals surface area contributed by atoms with Gasteiger partial charge in [0.15, 0.2) is 0 Å². The molecule has 0 unspecified atom stereocenters. The summed E-state index contributed by atoms with van der Waals surface area (Å²) >= 11 is 5.90. The molecule has 0 aliphatic heterocycles. The van der Waals surface area contributed by atoms with Gasteiger partial charge in [0.05, 0.1) is 10.7 Å². The van der Waals surface area contributed by atoms with E-state index < -0.39 is 0 Å². The van der Waals surface area contributed by atoms with Crippen molar-refractivity contribution in [2.75, 3.05) is 19.3 Å². The minimum Gasteiger partial charge on any atom is -0.398 e. The average molecular weight is 255 g/mol. The Morgan fingerprint density at radius 3 is 2.47 bits per heavy atom. The lowest BCUT2D eigenvalue weighted by molar-refractivity contribution is 0.0745. The zero-order valence-electron chi connectivity index (χ0n) is 10.7. The summed E-state index contributed by atoms with van der Waals surface area (Å²) in [6, 6.07) is 4.96. The van der Waals surface area contributed by atoms with Crippen molar-refractivity contribution in [2.45, 2.75) is 20.8 Å². The lowest BCUT2D eigenvalue weighted by Crippen LogP contribution is -2.34. The largest absolute Gasteiger partial charge is 0.398 e. The van der Waals surface area contributed by atoms with Gasteiger partial charge in [-0.25, -0.2) is 0 Å². The molecule has 0 bridgehead atoms. The number of nitrogens with two attached hydrogens (primary N) is 1. The van der Waals surface area contributed by atoms with Crippen molar-refractivity contribution in [1.29, 1.82) is 0 Å². The molecule has 4 heteroatoms. The topological polar surface area (TPSA) is 46.3 Å². The molecule has 1 aromatic rings. The molecule has 0 spiro atoms. The quantitative estimate of drug-likeness (QED) is 0.825. The van der Waals surface area contributed by atoms with E-state index in [0.29, 0.717) is 22.8 Å².